The number of para-hydroxylation sites is 4. The van der Waals surface area contributed by atoms with Gasteiger partial charge in [0, 0.05) is 49.9 Å². The van der Waals surface area contributed by atoms with E-state index in [2.05, 4.69) is 179 Å². The van der Waals surface area contributed by atoms with E-state index < -0.39 is 6.23 Å². The molecule has 1 unspecified atom stereocenters. The van der Waals surface area contributed by atoms with Crippen molar-refractivity contribution in [3.8, 4) is 5.75 Å². The van der Waals surface area contributed by atoms with Crippen LogP contribution in [0.15, 0.2) is 209 Å². The number of furan rings is 2. The summed E-state index contributed by atoms with van der Waals surface area (Å²) in [6.07, 6.45) is -0.489. The van der Waals surface area contributed by atoms with Gasteiger partial charge in [-0.3, -0.25) is 0 Å². The van der Waals surface area contributed by atoms with Crippen molar-refractivity contribution in [3.63, 3.8) is 0 Å². The van der Waals surface area contributed by atoms with Crippen LogP contribution >= 0.6 is 0 Å². The van der Waals surface area contributed by atoms with Gasteiger partial charge in [-0.15, -0.1) is 0 Å². The number of benzene rings is 9. The predicted molar refractivity (Wildman–Crippen MR) is 241 cm³/mol. The average Bonchev–Trinajstić information content (AvgIpc) is 4.01. The number of anilines is 7. The molecule has 0 fully saturated rings. The van der Waals surface area contributed by atoms with E-state index in [-0.39, 0.29) is 0 Å². The molecule has 1 atom stereocenters. The Bertz CT molecular complexity index is 3370. The third-order valence-electron chi connectivity index (χ3n) is 11.4. The lowest BCUT2D eigenvalue weighted by Crippen LogP contribution is -2.14. The van der Waals surface area contributed by atoms with E-state index in [4.69, 9.17) is 13.6 Å². The Labute approximate surface area is 339 Å². The molecule has 1 aliphatic heterocycles. The molecule has 0 radical (unpaired) electrons. The van der Waals surface area contributed by atoms with Crippen LogP contribution in [0.2, 0.25) is 0 Å². The van der Waals surface area contributed by atoms with Crippen LogP contribution in [0.3, 0.4) is 0 Å². The number of fused-ring (bicyclic) bond motifs is 8. The molecule has 0 amide bonds. The van der Waals surface area contributed by atoms with Gasteiger partial charge in [0.25, 0.3) is 0 Å². The van der Waals surface area contributed by atoms with E-state index in [0.717, 1.165) is 100 Å². The number of nitrogens with one attached hydrogen (secondary N) is 1. The van der Waals surface area contributed by atoms with Crippen molar-refractivity contribution in [1.29, 1.82) is 0 Å². The van der Waals surface area contributed by atoms with Crippen molar-refractivity contribution in [3.05, 3.63) is 206 Å². The van der Waals surface area contributed by atoms with Crippen LogP contribution < -0.4 is 19.9 Å². The topological polar surface area (TPSA) is 54.0 Å². The van der Waals surface area contributed by atoms with Gasteiger partial charge in [0.05, 0.1) is 17.1 Å². The maximum absolute atomic E-state index is 7.18. The SMILES string of the molecule is c1ccc(N(c2cc3c(c(N(c4ccccc4)c4ccc5ccccc5c4)c2)OC(c2cccc4oc5ccccc5c24)N3)c2ccc3oc4ccccc4c3c2)cc1. The molecule has 1 N–H and O–H groups in total. The lowest BCUT2D eigenvalue weighted by molar-refractivity contribution is 0.262. The molecule has 0 spiro atoms. The summed E-state index contributed by atoms with van der Waals surface area (Å²) in [5.41, 5.74) is 11.2. The molecular formula is C53H35N3O3. The first-order valence-electron chi connectivity index (χ1n) is 19.9. The highest BCUT2D eigenvalue weighted by molar-refractivity contribution is 6.08. The van der Waals surface area contributed by atoms with E-state index in [1.54, 1.807) is 0 Å². The summed E-state index contributed by atoms with van der Waals surface area (Å²) in [5, 5.41) is 10.4. The predicted octanol–water partition coefficient (Wildman–Crippen LogP) is 15.1. The van der Waals surface area contributed by atoms with Gasteiger partial charge < -0.3 is 28.7 Å². The Morgan fingerprint density at radius 1 is 0.390 bits per heavy atom. The first kappa shape index (κ1) is 33.2. The first-order chi connectivity index (χ1) is 29.2. The number of rotatable bonds is 7. The second kappa shape index (κ2) is 13.3. The van der Waals surface area contributed by atoms with Gasteiger partial charge in [0.15, 0.2) is 12.0 Å². The van der Waals surface area contributed by atoms with Crippen LogP contribution in [0, 0.1) is 0 Å². The molecule has 6 nitrogen and oxygen atoms in total. The Morgan fingerprint density at radius 2 is 1.00 bits per heavy atom. The van der Waals surface area contributed by atoms with Gasteiger partial charge in [-0.05, 0) is 95.7 Å². The fourth-order valence-electron chi connectivity index (χ4n) is 8.77. The molecular weight excluding hydrogens is 727 g/mol. The largest absolute Gasteiger partial charge is 0.462 e. The minimum Gasteiger partial charge on any atom is -0.462 e. The van der Waals surface area contributed by atoms with E-state index in [0.29, 0.717) is 0 Å². The van der Waals surface area contributed by atoms with Crippen LogP contribution in [0.25, 0.3) is 54.6 Å². The maximum Gasteiger partial charge on any atom is 0.197 e. The minimum atomic E-state index is -0.489. The van der Waals surface area contributed by atoms with Crippen molar-refractivity contribution in [2.24, 2.45) is 0 Å². The summed E-state index contributed by atoms with van der Waals surface area (Å²) < 4.78 is 19.8. The van der Waals surface area contributed by atoms with E-state index >= 15 is 0 Å². The summed E-state index contributed by atoms with van der Waals surface area (Å²) in [4.78, 5) is 4.62. The Hall–Kier alpha value is -7.96. The smallest absolute Gasteiger partial charge is 0.197 e. The molecule has 6 heteroatoms. The van der Waals surface area contributed by atoms with E-state index in [1.807, 2.05) is 36.4 Å². The molecule has 0 saturated carbocycles. The van der Waals surface area contributed by atoms with Crippen molar-refractivity contribution in [2.75, 3.05) is 15.1 Å². The van der Waals surface area contributed by atoms with Gasteiger partial charge in [-0.1, -0.05) is 115 Å². The fraction of sp³-hybridized carbons (Fsp3) is 0.0189. The molecule has 280 valence electrons. The molecule has 2 aromatic heterocycles. The minimum absolute atomic E-state index is 0.489. The molecule has 0 saturated heterocycles. The summed E-state index contributed by atoms with van der Waals surface area (Å²) >= 11 is 0. The van der Waals surface area contributed by atoms with Crippen LogP contribution in [-0.4, -0.2) is 0 Å². The number of ether oxygens (including phenoxy) is 1. The van der Waals surface area contributed by atoms with Crippen LogP contribution in [0.5, 0.6) is 5.75 Å². The maximum atomic E-state index is 7.18. The summed E-state index contributed by atoms with van der Waals surface area (Å²) in [6.45, 7) is 0. The molecule has 11 aromatic rings. The van der Waals surface area contributed by atoms with Gasteiger partial charge in [-0.2, -0.15) is 0 Å². The second-order valence-corrected chi connectivity index (χ2v) is 15.0. The number of hydrogen-bond acceptors (Lipinski definition) is 6. The zero-order chi connectivity index (χ0) is 38.9. The fourth-order valence-corrected chi connectivity index (χ4v) is 8.77. The highest BCUT2D eigenvalue weighted by atomic mass is 16.5. The summed E-state index contributed by atoms with van der Waals surface area (Å²) in [7, 11) is 0. The molecule has 0 bridgehead atoms. The highest BCUT2D eigenvalue weighted by Crippen LogP contribution is 2.54. The Kier molecular flexibility index (Phi) is 7.50. The van der Waals surface area contributed by atoms with E-state index in [9.17, 15) is 0 Å². The Morgan fingerprint density at radius 3 is 1.81 bits per heavy atom. The number of hydrogen-bond donors (Lipinski definition) is 1. The van der Waals surface area contributed by atoms with Gasteiger partial charge in [0.1, 0.15) is 22.3 Å². The van der Waals surface area contributed by atoms with Crippen LogP contribution in [0.1, 0.15) is 11.8 Å². The lowest BCUT2D eigenvalue weighted by atomic mass is 10.1. The van der Waals surface area contributed by atoms with Crippen molar-refractivity contribution in [1.82, 2.24) is 0 Å². The molecule has 3 heterocycles. The van der Waals surface area contributed by atoms with Crippen molar-refractivity contribution >= 4 is 94.5 Å². The molecule has 0 aliphatic carbocycles. The lowest BCUT2D eigenvalue weighted by Gasteiger charge is -2.30. The van der Waals surface area contributed by atoms with Gasteiger partial charge >= 0.3 is 0 Å². The average molecular weight is 762 g/mol. The molecule has 59 heavy (non-hydrogen) atoms. The third kappa shape index (κ3) is 5.49. The zero-order valence-corrected chi connectivity index (χ0v) is 31.7. The molecule has 9 aromatic carbocycles. The summed E-state index contributed by atoms with van der Waals surface area (Å²) in [6, 6.07) is 69.7. The quantitative estimate of drug-likeness (QED) is 0.175. The third-order valence-corrected chi connectivity index (χ3v) is 11.4. The second-order valence-electron chi connectivity index (χ2n) is 15.0. The van der Waals surface area contributed by atoms with Gasteiger partial charge in [-0.25, -0.2) is 0 Å². The van der Waals surface area contributed by atoms with E-state index in [1.165, 1.54) is 5.39 Å². The monoisotopic (exact) mass is 761 g/mol. The zero-order valence-electron chi connectivity index (χ0n) is 31.7. The van der Waals surface area contributed by atoms with Crippen molar-refractivity contribution in [2.45, 2.75) is 6.23 Å². The first-order valence-corrected chi connectivity index (χ1v) is 19.9. The van der Waals surface area contributed by atoms with Crippen LogP contribution in [0.4, 0.5) is 39.8 Å². The van der Waals surface area contributed by atoms with Crippen LogP contribution in [-0.2, 0) is 0 Å². The summed E-state index contributed by atoms with van der Waals surface area (Å²) in [5.74, 6) is 0.754. The standard InChI is InChI=1S/C53H35N3O3/c1-3-16-36(17-4-1)55(39-28-29-49-44(31-39)41-20-9-11-23-47(41)57-49)40-32-45-52(59-53(54-45)43-22-13-25-50-51(43)42-21-10-12-24-48(42)58-50)46(33-40)56(37-18-5-2-6-19-37)38-27-26-34-14-7-8-15-35(34)30-38/h1-33,53-54H. The Balaban J connectivity index is 1.10. The number of nitrogens with zero attached hydrogens (tertiary/aromatic N) is 2. The van der Waals surface area contributed by atoms with Crippen molar-refractivity contribution < 1.29 is 13.6 Å². The molecule has 12 rings (SSSR count). The molecule has 1 aliphatic rings. The normalized spacial score (nSPS) is 13.5. The highest BCUT2D eigenvalue weighted by Gasteiger charge is 2.33. The van der Waals surface area contributed by atoms with Gasteiger partial charge in [0.2, 0.25) is 0 Å².